The highest BCUT2D eigenvalue weighted by Gasteiger charge is 2.20. The number of nitrogens with zero attached hydrogens (tertiary/aromatic N) is 5. The van der Waals surface area contributed by atoms with Crippen molar-refractivity contribution in [2.24, 2.45) is 0 Å². The topological polar surface area (TPSA) is 60.6 Å². The number of benzene rings is 6. The van der Waals surface area contributed by atoms with Crippen LogP contribution in [0.5, 0.6) is 0 Å². The van der Waals surface area contributed by atoms with E-state index in [2.05, 4.69) is 232 Å². The van der Waals surface area contributed by atoms with Gasteiger partial charge in [-0.05, 0) is 209 Å². The lowest BCUT2D eigenvalue weighted by Crippen LogP contribution is -1.98. The lowest BCUT2D eigenvalue weighted by atomic mass is 9.95. The van der Waals surface area contributed by atoms with Crippen LogP contribution in [0.4, 0.5) is 0 Å². The van der Waals surface area contributed by atoms with Crippen LogP contribution < -0.4 is 5.32 Å². The Labute approximate surface area is 455 Å². The Balaban J connectivity index is 0.978. The fourth-order valence-electron chi connectivity index (χ4n) is 11.0. The van der Waals surface area contributed by atoms with Gasteiger partial charge in [-0.15, -0.1) is 5.73 Å². The molecule has 6 heteroatoms. The molecule has 374 valence electrons. The van der Waals surface area contributed by atoms with E-state index >= 15 is 0 Å². The second-order valence-corrected chi connectivity index (χ2v) is 19.6. The van der Waals surface area contributed by atoms with E-state index in [0.717, 1.165) is 117 Å². The largest absolute Gasteiger partial charge is 0.393 e. The van der Waals surface area contributed by atoms with Gasteiger partial charge in [-0.1, -0.05) is 91.5 Å². The van der Waals surface area contributed by atoms with Crippen molar-refractivity contribution in [2.45, 2.75) is 20.8 Å². The van der Waals surface area contributed by atoms with E-state index in [1.165, 1.54) is 21.9 Å². The van der Waals surface area contributed by atoms with Crippen molar-refractivity contribution in [2.75, 3.05) is 7.05 Å². The summed E-state index contributed by atoms with van der Waals surface area (Å²) in [5.74, 6) is 0. The predicted molar refractivity (Wildman–Crippen MR) is 329 cm³/mol. The van der Waals surface area contributed by atoms with Crippen molar-refractivity contribution in [3.05, 3.63) is 289 Å². The molecule has 5 aromatic heterocycles. The number of hydrogen-bond acceptors (Lipinski definition) is 4. The van der Waals surface area contributed by atoms with E-state index in [-0.39, 0.29) is 0 Å². The van der Waals surface area contributed by atoms with Crippen LogP contribution in [-0.2, 0) is 0 Å². The van der Waals surface area contributed by atoms with Gasteiger partial charge >= 0.3 is 0 Å². The average Bonchev–Trinajstić information content (AvgIpc) is 3.98. The maximum Gasteiger partial charge on any atom is 0.0716 e. The Morgan fingerprint density at radius 1 is 0.603 bits per heavy atom. The zero-order valence-electron chi connectivity index (χ0n) is 44.1. The molecule has 0 aliphatic heterocycles. The Morgan fingerprint density at radius 2 is 1.27 bits per heavy atom. The van der Waals surface area contributed by atoms with E-state index in [1.54, 1.807) is 0 Å². The first-order valence-corrected chi connectivity index (χ1v) is 26.3. The quantitative estimate of drug-likeness (QED) is 0.0923. The lowest BCUT2D eigenvalue weighted by molar-refractivity contribution is 1.10. The molecule has 78 heavy (non-hydrogen) atoms. The molecular weight excluding hydrogens is 949 g/mol. The summed E-state index contributed by atoms with van der Waals surface area (Å²) in [7, 11) is 1.92. The van der Waals surface area contributed by atoms with Crippen molar-refractivity contribution in [1.82, 2.24) is 29.4 Å². The van der Waals surface area contributed by atoms with Crippen LogP contribution in [0.3, 0.4) is 0 Å². The van der Waals surface area contributed by atoms with E-state index in [9.17, 15) is 0 Å². The van der Waals surface area contributed by atoms with Gasteiger partial charge in [0.2, 0.25) is 0 Å². The third-order valence-corrected chi connectivity index (χ3v) is 14.7. The molecule has 6 aromatic carbocycles. The van der Waals surface area contributed by atoms with Gasteiger partial charge in [0.25, 0.3) is 0 Å². The number of pyridine rings is 3. The molecule has 12 rings (SSSR count). The van der Waals surface area contributed by atoms with Crippen molar-refractivity contribution < 1.29 is 0 Å². The molecular formula is C72H56N6. The summed E-state index contributed by atoms with van der Waals surface area (Å²) < 4.78 is 4.79. The first-order chi connectivity index (χ1) is 38.4. The van der Waals surface area contributed by atoms with Gasteiger partial charge in [0.05, 0.1) is 27.9 Å². The summed E-state index contributed by atoms with van der Waals surface area (Å²) in [6, 6.07) is 59.2. The molecule has 1 aliphatic carbocycles. The minimum Gasteiger partial charge on any atom is -0.393 e. The number of allylic oxidation sites excluding steroid dienone is 9. The van der Waals surface area contributed by atoms with Crippen LogP contribution in [0.15, 0.2) is 250 Å². The number of nitrogens with one attached hydrogen (secondary N) is 1. The molecule has 6 nitrogen and oxygen atoms in total. The van der Waals surface area contributed by atoms with Crippen LogP contribution in [-0.4, -0.2) is 31.1 Å². The van der Waals surface area contributed by atoms with Gasteiger partial charge in [0.15, 0.2) is 0 Å². The molecule has 0 bridgehead atoms. The molecule has 11 aromatic rings. The Bertz CT molecular complexity index is 4360. The molecule has 0 saturated carbocycles. The van der Waals surface area contributed by atoms with Crippen molar-refractivity contribution in [3.8, 4) is 44.8 Å². The Kier molecular flexibility index (Phi) is 13.3. The van der Waals surface area contributed by atoms with Crippen molar-refractivity contribution in [3.63, 3.8) is 0 Å². The maximum atomic E-state index is 4.63. The number of fused-ring (bicyclic) bond motifs is 4. The third kappa shape index (κ3) is 9.28. The molecule has 0 unspecified atom stereocenters. The molecule has 0 radical (unpaired) electrons. The summed E-state index contributed by atoms with van der Waals surface area (Å²) in [5.41, 5.74) is 27.6. The number of aryl methyl sites for hydroxylation is 1. The number of hydrogen-bond donors (Lipinski definition) is 1. The highest BCUT2D eigenvalue weighted by molar-refractivity contribution is 6.13. The van der Waals surface area contributed by atoms with Gasteiger partial charge in [0, 0.05) is 94.0 Å². The van der Waals surface area contributed by atoms with E-state index in [4.69, 9.17) is 0 Å². The van der Waals surface area contributed by atoms with Gasteiger partial charge in [-0.25, -0.2) is 0 Å². The smallest absolute Gasteiger partial charge is 0.0716 e. The minimum absolute atomic E-state index is 0.911. The van der Waals surface area contributed by atoms with Gasteiger partial charge < -0.3 is 14.5 Å². The van der Waals surface area contributed by atoms with Crippen molar-refractivity contribution in [1.29, 1.82) is 0 Å². The molecule has 0 spiro atoms. The second kappa shape index (κ2) is 21.2. The number of rotatable bonds is 13. The third-order valence-electron chi connectivity index (χ3n) is 14.7. The summed E-state index contributed by atoms with van der Waals surface area (Å²) in [4.78, 5) is 13.5. The second-order valence-electron chi connectivity index (χ2n) is 19.6. The lowest BCUT2D eigenvalue weighted by Gasteiger charge is -2.14. The maximum absolute atomic E-state index is 4.63. The summed E-state index contributed by atoms with van der Waals surface area (Å²) in [6.45, 7) is 10.8. The van der Waals surface area contributed by atoms with Crippen LogP contribution in [0, 0.1) is 6.92 Å². The summed E-state index contributed by atoms with van der Waals surface area (Å²) >= 11 is 0. The van der Waals surface area contributed by atoms with E-state index in [0.29, 0.717) is 0 Å². The first kappa shape index (κ1) is 48.8. The molecule has 1 N–H and O–H groups in total. The summed E-state index contributed by atoms with van der Waals surface area (Å²) in [5, 5.41) is 6.71. The molecule has 5 heterocycles. The van der Waals surface area contributed by atoms with Crippen LogP contribution in [0.25, 0.3) is 112 Å². The Hall–Kier alpha value is -10.1. The predicted octanol–water partition coefficient (Wildman–Crippen LogP) is 17.8. The average molecular weight is 1010 g/mol. The van der Waals surface area contributed by atoms with Gasteiger partial charge in [0.1, 0.15) is 0 Å². The fraction of sp³-hybridized carbons (Fsp3) is 0.0556. The molecule has 0 saturated heterocycles. The first-order valence-electron chi connectivity index (χ1n) is 26.3. The van der Waals surface area contributed by atoms with E-state index < -0.39 is 0 Å². The zero-order valence-corrected chi connectivity index (χ0v) is 44.1. The van der Waals surface area contributed by atoms with Gasteiger partial charge in [-0.3, -0.25) is 15.0 Å². The normalized spacial score (nSPS) is 12.9. The molecule has 0 atom stereocenters. The van der Waals surface area contributed by atoms with Crippen LogP contribution >= 0.6 is 0 Å². The van der Waals surface area contributed by atoms with Crippen LogP contribution in [0.2, 0.25) is 0 Å². The highest BCUT2D eigenvalue weighted by atomic mass is 15.0. The van der Waals surface area contributed by atoms with Gasteiger partial charge in [-0.2, -0.15) is 0 Å². The van der Waals surface area contributed by atoms with Crippen LogP contribution in [0.1, 0.15) is 53.1 Å². The monoisotopic (exact) mass is 1000 g/mol. The van der Waals surface area contributed by atoms with Crippen molar-refractivity contribution >= 4 is 67.2 Å². The standard InChI is InChI=1S/C72H56N6/c1-6-17-64-65-42-50(48(3)36-61(45-73-5)68-28-10-11-35-76-68)29-31-70(65)77(69(64)7-2)62-26-13-22-55(40-62)56-23-14-27-63(41-56)78-71-32-30-57(51-20-12-21-53(38-51)59-25-16-34-75-47-59)43-66(71)67-44-60(37-49(4)72(67)78)54-19-9-8-18-52(39-54)58-24-15-33-74-46-58/h6-8,10-47,73H,2H2,1,3-5H3/b17-6-,48-36+,61-45+. The highest BCUT2D eigenvalue weighted by Crippen LogP contribution is 2.41. The number of aromatic nitrogens is 5. The molecule has 0 fully saturated rings. The Morgan fingerprint density at radius 3 is 1.97 bits per heavy atom. The fourth-order valence-corrected chi connectivity index (χ4v) is 11.0. The minimum atomic E-state index is 0.911. The summed E-state index contributed by atoms with van der Waals surface area (Å²) in [6.07, 6.45) is 28.2. The zero-order chi connectivity index (χ0) is 53.1. The molecule has 1 aliphatic rings. The van der Waals surface area contributed by atoms with E-state index in [1.807, 2.05) is 86.7 Å². The molecule has 0 amide bonds. The SMILES string of the molecule is C=Cc1c(/C=C\C)c2cc(/C(C)=C/C(=C\NC)c3ccccn3)ccc2n1-c1cccc(-c2cccc(-n3c4ccc(-c5cccc(-c6cccnc6)c5)cc4c4cc(C5=CC(c6cccnc6)=CC=C=C5)cc(C)c43)c2)c1.